The lowest BCUT2D eigenvalue weighted by Crippen LogP contribution is -2.42. The molecule has 1 heterocycles. The summed E-state index contributed by atoms with van der Waals surface area (Å²) < 4.78 is 11.5. The van der Waals surface area contributed by atoms with Crippen LogP contribution in [0.25, 0.3) is 0 Å². The number of hydrogen-bond donors (Lipinski definition) is 2. The molecule has 0 radical (unpaired) electrons. The number of benzene rings is 2. The highest BCUT2D eigenvalue weighted by atomic mass is 16.5. The monoisotopic (exact) mass is 439 g/mol. The smallest absolute Gasteiger partial charge is 0.255 e. The number of hydrogen-bond acceptors (Lipinski definition) is 5. The Morgan fingerprint density at radius 2 is 1.59 bits per heavy atom. The second kappa shape index (κ2) is 11.5. The fraction of sp³-hybridized carbons (Fsp3) is 0.440. The summed E-state index contributed by atoms with van der Waals surface area (Å²) in [7, 11) is 0. The number of piperidine rings is 1. The van der Waals surface area contributed by atoms with Crippen molar-refractivity contribution in [1.29, 1.82) is 0 Å². The van der Waals surface area contributed by atoms with Crippen molar-refractivity contribution in [2.24, 2.45) is 0 Å². The van der Waals surface area contributed by atoms with Gasteiger partial charge in [0.1, 0.15) is 11.5 Å². The first-order valence-electron chi connectivity index (χ1n) is 11.4. The van der Waals surface area contributed by atoms with Crippen molar-refractivity contribution in [3.05, 3.63) is 48.0 Å². The van der Waals surface area contributed by atoms with E-state index in [1.54, 1.807) is 24.3 Å². The predicted molar refractivity (Wildman–Crippen MR) is 127 cm³/mol. The fourth-order valence-corrected chi connectivity index (χ4v) is 3.86. The molecule has 0 aliphatic carbocycles. The van der Waals surface area contributed by atoms with Crippen LogP contribution >= 0.6 is 0 Å². The van der Waals surface area contributed by atoms with Gasteiger partial charge < -0.3 is 20.1 Å². The maximum Gasteiger partial charge on any atom is 0.255 e. The van der Waals surface area contributed by atoms with Crippen LogP contribution in [0.2, 0.25) is 0 Å². The van der Waals surface area contributed by atoms with E-state index in [1.165, 1.54) is 6.42 Å². The van der Waals surface area contributed by atoms with Gasteiger partial charge in [-0.05, 0) is 52.3 Å². The minimum absolute atomic E-state index is 0.0942. The van der Waals surface area contributed by atoms with E-state index >= 15 is 0 Å². The Hall–Kier alpha value is -3.06. The number of amides is 2. The minimum atomic E-state index is -0.245. The number of likely N-dealkylation sites (tertiary alicyclic amines) is 1. The average molecular weight is 440 g/mol. The summed E-state index contributed by atoms with van der Waals surface area (Å²) in [6.45, 7) is 8.02. The van der Waals surface area contributed by atoms with E-state index in [0.29, 0.717) is 54.2 Å². The summed E-state index contributed by atoms with van der Waals surface area (Å²) in [5.74, 6) is 0.620. The van der Waals surface area contributed by atoms with Crippen molar-refractivity contribution in [1.82, 2.24) is 4.90 Å². The zero-order chi connectivity index (χ0) is 22.9. The van der Waals surface area contributed by atoms with Crippen molar-refractivity contribution in [2.75, 3.05) is 36.9 Å². The van der Waals surface area contributed by atoms with Gasteiger partial charge >= 0.3 is 0 Å². The van der Waals surface area contributed by atoms with Crippen LogP contribution < -0.4 is 20.1 Å². The lowest BCUT2D eigenvalue weighted by atomic mass is 10.0. The second-order valence-corrected chi connectivity index (χ2v) is 7.89. The van der Waals surface area contributed by atoms with E-state index in [4.69, 9.17) is 9.47 Å². The molecule has 172 valence electrons. The maximum absolute atomic E-state index is 12.8. The Balaban J connectivity index is 1.81. The molecule has 2 N–H and O–H groups in total. The molecule has 3 rings (SSSR count). The summed E-state index contributed by atoms with van der Waals surface area (Å²) in [4.78, 5) is 27.7. The SMILES string of the molecule is CCOc1cc(NC(=O)c2ccccc2)c(OCC)cc1NC(=O)CN1CCCCC1C. The molecule has 2 aromatic carbocycles. The van der Waals surface area contributed by atoms with Crippen LogP contribution in [0.15, 0.2) is 42.5 Å². The fourth-order valence-electron chi connectivity index (χ4n) is 3.86. The van der Waals surface area contributed by atoms with Crippen molar-refractivity contribution in [2.45, 2.75) is 46.1 Å². The number of carbonyl (C=O) groups is 2. The van der Waals surface area contributed by atoms with Crippen molar-refractivity contribution in [3.63, 3.8) is 0 Å². The molecule has 0 bridgehead atoms. The van der Waals surface area contributed by atoms with E-state index in [9.17, 15) is 9.59 Å². The average Bonchev–Trinajstić information content (AvgIpc) is 2.79. The first kappa shape index (κ1) is 23.6. The van der Waals surface area contributed by atoms with Gasteiger partial charge in [0.15, 0.2) is 0 Å². The molecule has 2 amide bonds. The lowest BCUT2D eigenvalue weighted by molar-refractivity contribution is -0.118. The first-order valence-corrected chi connectivity index (χ1v) is 11.4. The van der Waals surface area contributed by atoms with Crippen LogP contribution in [-0.4, -0.2) is 49.1 Å². The molecule has 0 saturated carbocycles. The molecule has 1 fully saturated rings. The Kier molecular flexibility index (Phi) is 8.50. The van der Waals surface area contributed by atoms with Crippen molar-refractivity contribution >= 4 is 23.2 Å². The summed E-state index contributed by atoms with van der Waals surface area (Å²) in [5, 5.41) is 5.87. The number of nitrogens with one attached hydrogen (secondary N) is 2. The van der Waals surface area contributed by atoms with E-state index in [-0.39, 0.29) is 11.8 Å². The maximum atomic E-state index is 12.8. The van der Waals surface area contributed by atoms with Gasteiger partial charge in [-0.3, -0.25) is 14.5 Å². The highest BCUT2D eigenvalue weighted by Crippen LogP contribution is 2.37. The lowest BCUT2D eigenvalue weighted by Gasteiger charge is -2.32. The molecule has 0 aromatic heterocycles. The molecule has 1 unspecified atom stereocenters. The van der Waals surface area contributed by atoms with Crippen molar-refractivity contribution < 1.29 is 19.1 Å². The van der Waals surface area contributed by atoms with E-state index < -0.39 is 0 Å². The van der Waals surface area contributed by atoms with E-state index in [0.717, 1.165) is 19.4 Å². The highest BCUT2D eigenvalue weighted by molar-refractivity contribution is 6.05. The van der Waals surface area contributed by atoms with Gasteiger partial charge in [0.25, 0.3) is 5.91 Å². The Morgan fingerprint density at radius 1 is 0.969 bits per heavy atom. The topological polar surface area (TPSA) is 79.9 Å². The number of anilines is 2. The summed E-state index contributed by atoms with van der Waals surface area (Å²) in [6, 6.07) is 12.8. The number of rotatable bonds is 9. The Labute approximate surface area is 190 Å². The molecule has 1 aliphatic heterocycles. The molecular weight excluding hydrogens is 406 g/mol. The third-order valence-corrected chi connectivity index (χ3v) is 5.53. The zero-order valence-corrected chi connectivity index (χ0v) is 19.1. The summed E-state index contributed by atoms with van der Waals surface area (Å²) in [6.07, 6.45) is 3.44. The van der Waals surface area contributed by atoms with Gasteiger partial charge in [0.05, 0.1) is 31.1 Å². The first-order chi connectivity index (χ1) is 15.5. The number of carbonyl (C=O) groups excluding carboxylic acids is 2. The van der Waals surface area contributed by atoms with Crippen molar-refractivity contribution in [3.8, 4) is 11.5 Å². The highest BCUT2D eigenvalue weighted by Gasteiger charge is 2.22. The molecule has 32 heavy (non-hydrogen) atoms. The van der Waals surface area contributed by atoms with Gasteiger partial charge in [-0.25, -0.2) is 0 Å². The molecule has 1 saturated heterocycles. The van der Waals surface area contributed by atoms with Crippen LogP contribution in [0, 0.1) is 0 Å². The summed E-state index contributed by atoms with van der Waals surface area (Å²) >= 11 is 0. The van der Waals surface area contributed by atoms with Gasteiger partial charge in [0, 0.05) is 23.7 Å². The Bertz CT molecular complexity index is 917. The van der Waals surface area contributed by atoms with E-state index in [2.05, 4.69) is 22.5 Å². The van der Waals surface area contributed by atoms with Gasteiger partial charge in [-0.2, -0.15) is 0 Å². The van der Waals surface area contributed by atoms with Crippen LogP contribution in [0.3, 0.4) is 0 Å². The van der Waals surface area contributed by atoms with Crippen LogP contribution in [0.5, 0.6) is 11.5 Å². The van der Waals surface area contributed by atoms with Gasteiger partial charge in [-0.15, -0.1) is 0 Å². The molecule has 1 atom stereocenters. The minimum Gasteiger partial charge on any atom is -0.492 e. The van der Waals surface area contributed by atoms with Crippen LogP contribution in [0.4, 0.5) is 11.4 Å². The van der Waals surface area contributed by atoms with Crippen LogP contribution in [0.1, 0.15) is 50.4 Å². The van der Waals surface area contributed by atoms with E-state index in [1.807, 2.05) is 32.0 Å². The quantitative estimate of drug-likeness (QED) is 0.599. The molecule has 1 aliphatic rings. The third kappa shape index (κ3) is 6.23. The van der Waals surface area contributed by atoms with Gasteiger partial charge in [-0.1, -0.05) is 24.6 Å². The van der Waals surface area contributed by atoms with Crippen LogP contribution in [-0.2, 0) is 4.79 Å². The molecular formula is C25H33N3O4. The Morgan fingerprint density at radius 3 is 2.19 bits per heavy atom. The largest absolute Gasteiger partial charge is 0.492 e. The standard InChI is InChI=1S/C25H33N3O4/c1-4-31-22-16-21(27-25(30)19-12-7-6-8-13-19)23(32-5-2)15-20(22)26-24(29)17-28-14-10-9-11-18(28)3/h6-8,12-13,15-16,18H,4-5,9-11,14,17H2,1-3H3,(H,26,29)(H,27,30). The third-order valence-electron chi connectivity index (χ3n) is 5.53. The normalized spacial score (nSPS) is 16.3. The predicted octanol–water partition coefficient (Wildman–Crippen LogP) is 4.55. The summed E-state index contributed by atoms with van der Waals surface area (Å²) in [5.41, 5.74) is 1.57. The zero-order valence-electron chi connectivity index (χ0n) is 19.1. The molecule has 2 aromatic rings. The molecule has 7 heteroatoms. The second-order valence-electron chi connectivity index (χ2n) is 7.89. The number of ether oxygens (including phenoxy) is 2. The molecule has 0 spiro atoms. The van der Waals surface area contributed by atoms with Gasteiger partial charge in [0.2, 0.25) is 5.91 Å². The number of nitrogens with zero attached hydrogens (tertiary/aromatic N) is 1. The molecule has 7 nitrogen and oxygen atoms in total.